The van der Waals surface area contributed by atoms with Crippen molar-refractivity contribution in [3.8, 4) is 0 Å². The zero-order valence-electron chi connectivity index (χ0n) is 16.6. The van der Waals surface area contributed by atoms with E-state index in [1.165, 1.54) is 10.4 Å². The molecule has 1 aliphatic rings. The third-order valence-electron chi connectivity index (χ3n) is 5.29. The van der Waals surface area contributed by atoms with Crippen LogP contribution in [0.15, 0.2) is 54.6 Å². The van der Waals surface area contributed by atoms with Gasteiger partial charge in [0.15, 0.2) is 5.52 Å². The van der Waals surface area contributed by atoms with Gasteiger partial charge in [0.05, 0.1) is 10.7 Å². The maximum absolute atomic E-state index is 12.8. The molecule has 2 heterocycles. The second-order valence-electron chi connectivity index (χ2n) is 7.34. The lowest BCUT2D eigenvalue weighted by molar-refractivity contribution is -0.383. The van der Waals surface area contributed by atoms with Gasteiger partial charge >= 0.3 is 0 Å². The number of para-hydroxylation sites is 1. The molecule has 1 aliphatic heterocycles. The lowest BCUT2D eigenvalue weighted by Gasteiger charge is -2.36. The van der Waals surface area contributed by atoms with Crippen LogP contribution in [0, 0.1) is 17.0 Å². The number of piperazine rings is 1. The number of nitro groups is 1. The SMILES string of the molecule is Cc1cc(N2CCN(S(=O)(=O)Cc3ccccc3)CC2)c2cccc([N+](=O)[O-])c2n1. The van der Waals surface area contributed by atoms with E-state index in [1.54, 1.807) is 13.0 Å². The maximum atomic E-state index is 12.8. The lowest BCUT2D eigenvalue weighted by Crippen LogP contribution is -2.49. The van der Waals surface area contributed by atoms with Crippen LogP contribution in [0.5, 0.6) is 0 Å². The van der Waals surface area contributed by atoms with E-state index in [0.717, 1.165) is 11.3 Å². The highest BCUT2D eigenvalue weighted by atomic mass is 32.2. The second-order valence-corrected chi connectivity index (χ2v) is 9.31. The second kappa shape index (κ2) is 8.00. The Morgan fingerprint density at radius 3 is 2.40 bits per heavy atom. The van der Waals surface area contributed by atoms with Crippen molar-refractivity contribution in [1.82, 2.24) is 9.29 Å². The van der Waals surface area contributed by atoms with Gasteiger partial charge in [-0.25, -0.2) is 13.4 Å². The average Bonchev–Trinajstić information content (AvgIpc) is 2.73. The topological polar surface area (TPSA) is 96.7 Å². The van der Waals surface area contributed by atoms with Crippen LogP contribution in [-0.2, 0) is 15.8 Å². The minimum Gasteiger partial charge on any atom is -0.368 e. The molecule has 4 rings (SSSR count). The number of hydrogen-bond donors (Lipinski definition) is 0. The highest BCUT2D eigenvalue weighted by molar-refractivity contribution is 7.88. The molecule has 0 aliphatic carbocycles. The molecule has 156 valence electrons. The van der Waals surface area contributed by atoms with Gasteiger partial charge < -0.3 is 4.90 Å². The Balaban J connectivity index is 1.57. The molecule has 0 bridgehead atoms. The summed E-state index contributed by atoms with van der Waals surface area (Å²) in [4.78, 5) is 17.4. The first-order chi connectivity index (χ1) is 14.3. The third-order valence-corrected chi connectivity index (χ3v) is 7.14. The molecule has 1 fully saturated rings. The summed E-state index contributed by atoms with van der Waals surface area (Å²) in [5, 5.41) is 12.1. The van der Waals surface area contributed by atoms with Crippen LogP contribution in [0.25, 0.3) is 10.9 Å². The fraction of sp³-hybridized carbons (Fsp3) is 0.286. The Bertz CT molecular complexity index is 1190. The molecular formula is C21H22N4O4S. The number of rotatable bonds is 5. The van der Waals surface area contributed by atoms with Gasteiger partial charge in [-0.05, 0) is 18.6 Å². The molecular weight excluding hydrogens is 404 g/mol. The van der Waals surface area contributed by atoms with Gasteiger partial charge in [-0.2, -0.15) is 4.31 Å². The summed E-state index contributed by atoms with van der Waals surface area (Å²) >= 11 is 0. The zero-order valence-corrected chi connectivity index (χ0v) is 17.4. The summed E-state index contributed by atoms with van der Waals surface area (Å²) in [6.45, 7) is 3.56. The molecule has 1 aromatic heterocycles. The van der Waals surface area contributed by atoms with Crippen LogP contribution in [0.2, 0.25) is 0 Å². The molecule has 0 spiro atoms. The van der Waals surface area contributed by atoms with Crippen molar-refractivity contribution in [2.75, 3.05) is 31.1 Å². The number of aromatic nitrogens is 1. The predicted molar refractivity (Wildman–Crippen MR) is 116 cm³/mol. The highest BCUT2D eigenvalue weighted by Crippen LogP contribution is 2.32. The summed E-state index contributed by atoms with van der Waals surface area (Å²) in [6, 6.07) is 16.0. The van der Waals surface area contributed by atoms with Crippen LogP contribution in [0.4, 0.5) is 11.4 Å². The first-order valence-electron chi connectivity index (χ1n) is 9.66. The summed E-state index contributed by atoms with van der Waals surface area (Å²) in [5.41, 5.74) is 2.63. The molecule has 0 amide bonds. The van der Waals surface area contributed by atoms with Crippen molar-refractivity contribution in [3.05, 3.63) is 76.0 Å². The van der Waals surface area contributed by atoms with Crippen molar-refractivity contribution in [2.24, 2.45) is 0 Å². The molecule has 0 saturated carbocycles. The quantitative estimate of drug-likeness (QED) is 0.459. The van der Waals surface area contributed by atoms with Crippen molar-refractivity contribution in [1.29, 1.82) is 0 Å². The molecule has 2 aromatic carbocycles. The number of hydrogen-bond acceptors (Lipinski definition) is 6. The number of benzene rings is 2. The third kappa shape index (κ3) is 3.99. The first-order valence-corrected chi connectivity index (χ1v) is 11.3. The summed E-state index contributed by atoms with van der Waals surface area (Å²) in [6.07, 6.45) is 0. The molecule has 0 N–H and O–H groups in total. The number of nitrogens with zero attached hydrogens (tertiary/aromatic N) is 4. The van der Waals surface area contributed by atoms with E-state index in [2.05, 4.69) is 9.88 Å². The van der Waals surface area contributed by atoms with Gasteiger partial charge in [-0.1, -0.05) is 42.5 Å². The number of pyridine rings is 1. The van der Waals surface area contributed by atoms with Crippen molar-refractivity contribution >= 4 is 32.3 Å². The molecule has 0 radical (unpaired) electrons. The smallest absolute Gasteiger partial charge is 0.295 e. The van der Waals surface area contributed by atoms with E-state index in [-0.39, 0.29) is 11.4 Å². The lowest BCUT2D eigenvalue weighted by atomic mass is 10.1. The highest BCUT2D eigenvalue weighted by Gasteiger charge is 2.28. The summed E-state index contributed by atoms with van der Waals surface area (Å²) < 4.78 is 27.1. The standard InChI is InChI=1S/C21H22N4O4S/c1-16-14-20(18-8-5-9-19(25(26)27)21(18)22-16)23-10-12-24(13-11-23)30(28,29)15-17-6-3-2-4-7-17/h2-9,14H,10-13,15H2,1H3. The van der Waals surface area contributed by atoms with Gasteiger partial charge in [-0.3, -0.25) is 10.1 Å². The van der Waals surface area contributed by atoms with Crippen LogP contribution in [0.1, 0.15) is 11.3 Å². The largest absolute Gasteiger partial charge is 0.368 e. The van der Waals surface area contributed by atoms with E-state index in [9.17, 15) is 18.5 Å². The number of anilines is 1. The van der Waals surface area contributed by atoms with E-state index >= 15 is 0 Å². The van der Waals surface area contributed by atoms with Gasteiger partial charge in [-0.15, -0.1) is 0 Å². The minimum absolute atomic E-state index is 0.0165. The van der Waals surface area contributed by atoms with Crippen LogP contribution in [-0.4, -0.2) is 48.8 Å². The Hall–Kier alpha value is -3.04. The van der Waals surface area contributed by atoms with E-state index in [1.807, 2.05) is 42.5 Å². The molecule has 3 aromatic rings. The minimum atomic E-state index is -3.41. The Morgan fingerprint density at radius 2 is 1.73 bits per heavy atom. The fourth-order valence-electron chi connectivity index (χ4n) is 3.83. The predicted octanol–water partition coefficient (Wildman–Crippen LogP) is 3.10. The summed E-state index contributed by atoms with van der Waals surface area (Å²) in [7, 11) is -3.41. The van der Waals surface area contributed by atoms with Crippen LogP contribution in [0.3, 0.4) is 0 Å². The van der Waals surface area contributed by atoms with Crippen molar-refractivity contribution in [2.45, 2.75) is 12.7 Å². The van der Waals surface area contributed by atoms with E-state index in [4.69, 9.17) is 0 Å². The maximum Gasteiger partial charge on any atom is 0.295 e. The molecule has 0 atom stereocenters. The fourth-order valence-corrected chi connectivity index (χ4v) is 5.35. The average molecular weight is 426 g/mol. The molecule has 8 nitrogen and oxygen atoms in total. The number of fused-ring (bicyclic) bond motifs is 1. The molecule has 9 heteroatoms. The van der Waals surface area contributed by atoms with Gasteiger partial charge in [0.2, 0.25) is 10.0 Å². The van der Waals surface area contributed by atoms with Gasteiger partial charge in [0, 0.05) is 49.0 Å². The van der Waals surface area contributed by atoms with E-state index in [0.29, 0.717) is 42.8 Å². The Labute approximate surface area is 175 Å². The van der Waals surface area contributed by atoms with Crippen LogP contribution < -0.4 is 4.90 Å². The van der Waals surface area contributed by atoms with Crippen molar-refractivity contribution in [3.63, 3.8) is 0 Å². The monoisotopic (exact) mass is 426 g/mol. The number of nitro benzene ring substituents is 1. The van der Waals surface area contributed by atoms with Crippen LogP contribution >= 0.6 is 0 Å². The molecule has 0 unspecified atom stereocenters. The Morgan fingerprint density at radius 1 is 1.03 bits per heavy atom. The van der Waals surface area contributed by atoms with Gasteiger partial charge in [0.1, 0.15) is 0 Å². The Kier molecular flexibility index (Phi) is 5.40. The number of sulfonamides is 1. The normalized spacial score (nSPS) is 15.4. The molecule has 1 saturated heterocycles. The van der Waals surface area contributed by atoms with Crippen molar-refractivity contribution < 1.29 is 13.3 Å². The summed E-state index contributed by atoms with van der Waals surface area (Å²) in [5.74, 6) is -0.0165. The number of aryl methyl sites for hydroxylation is 1. The van der Waals surface area contributed by atoms with Gasteiger partial charge in [0.25, 0.3) is 5.69 Å². The first kappa shape index (κ1) is 20.2. The number of non-ortho nitro benzene ring substituents is 1. The van der Waals surface area contributed by atoms with E-state index < -0.39 is 14.9 Å². The zero-order chi connectivity index (χ0) is 21.3. The molecule has 30 heavy (non-hydrogen) atoms.